The van der Waals surface area contributed by atoms with Crippen LogP contribution >= 0.6 is 11.8 Å². The third-order valence-corrected chi connectivity index (χ3v) is 6.87. The van der Waals surface area contributed by atoms with E-state index in [9.17, 15) is 17.6 Å². The van der Waals surface area contributed by atoms with Gasteiger partial charge in [0.1, 0.15) is 12.1 Å². The van der Waals surface area contributed by atoms with E-state index in [0.29, 0.717) is 11.5 Å². The maximum absolute atomic E-state index is 13.7. The van der Waals surface area contributed by atoms with E-state index in [-0.39, 0.29) is 11.7 Å². The summed E-state index contributed by atoms with van der Waals surface area (Å²) in [6.45, 7) is 4.05. The Balaban J connectivity index is 1.26. The van der Waals surface area contributed by atoms with Crippen LogP contribution in [0.25, 0.3) is 17.1 Å². The second kappa shape index (κ2) is 10.4. The molecular weight excluding hydrogens is 516 g/mol. The van der Waals surface area contributed by atoms with Crippen molar-refractivity contribution in [3.63, 3.8) is 0 Å². The molecule has 0 spiro atoms. The van der Waals surface area contributed by atoms with Gasteiger partial charge in [0.15, 0.2) is 11.0 Å². The highest BCUT2D eigenvalue weighted by Gasteiger charge is 2.30. The van der Waals surface area contributed by atoms with Crippen molar-refractivity contribution in [2.75, 3.05) is 10.8 Å². The van der Waals surface area contributed by atoms with Crippen molar-refractivity contribution in [1.29, 1.82) is 0 Å². The van der Waals surface area contributed by atoms with Gasteiger partial charge in [0, 0.05) is 11.3 Å². The van der Waals surface area contributed by atoms with Gasteiger partial charge in [0.25, 0.3) is 0 Å². The van der Waals surface area contributed by atoms with Gasteiger partial charge in [-0.25, -0.2) is 14.1 Å². The number of aromatic nitrogens is 3. The first kappa shape index (κ1) is 25.7. The monoisotopic (exact) mass is 538 g/mol. The zero-order valence-electron chi connectivity index (χ0n) is 20.4. The standard InChI is InChI=1S/C27H22F4N6S/c1-17(2)23-13-21(28)9-12-24(23)36-16-38-26(36)34-33-14-18-3-5-19(6-4-18)25-32-15-37(35-25)22-10-7-20(8-11-22)27(29,30)31/h3-15,17H,16H2,1-2H3. The molecule has 3 aromatic carbocycles. The molecule has 0 amide bonds. The third kappa shape index (κ3) is 5.47. The number of thioether (sulfide) groups is 1. The van der Waals surface area contributed by atoms with E-state index in [4.69, 9.17) is 0 Å². The molecule has 1 fully saturated rings. The SMILES string of the molecule is CC(C)c1cc(F)ccc1N1CSC1=NN=Cc1ccc(-c2ncn(-c3ccc(C(F)(F)F)cc3)n2)cc1. The Morgan fingerprint density at radius 1 is 1.00 bits per heavy atom. The van der Waals surface area contributed by atoms with E-state index in [2.05, 4.69) is 20.3 Å². The molecule has 11 heteroatoms. The minimum atomic E-state index is -4.39. The summed E-state index contributed by atoms with van der Waals surface area (Å²) < 4.78 is 53.5. The van der Waals surface area contributed by atoms with E-state index >= 15 is 0 Å². The molecule has 0 atom stereocenters. The highest BCUT2D eigenvalue weighted by Crippen LogP contribution is 2.36. The lowest BCUT2D eigenvalue weighted by atomic mass is 10.0. The fourth-order valence-corrected chi connectivity index (χ4v) is 4.58. The van der Waals surface area contributed by atoms with Crippen molar-refractivity contribution >= 4 is 28.8 Å². The van der Waals surface area contributed by atoms with Crippen LogP contribution in [-0.4, -0.2) is 32.0 Å². The van der Waals surface area contributed by atoms with E-state index in [1.807, 2.05) is 43.0 Å². The number of alkyl halides is 3. The van der Waals surface area contributed by atoms with Crippen LogP contribution in [0.3, 0.4) is 0 Å². The van der Waals surface area contributed by atoms with Crippen LogP contribution in [0.4, 0.5) is 23.2 Å². The van der Waals surface area contributed by atoms with Crippen molar-refractivity contribution < 1.29 is 17.6 Å². The highest BCUT2D eigenvalue weighted by molar-refractivity contribution is 8.16. The van der Waals surface area contributed by atoms with Crippen molar-refractivity contribution in [2.24, 2.45) is 10.2 Å². The first-order chi connectivity index (χ1) is 18.2. The lowest BCUT2D eigenvalue weighted by Gasteiger charge is -2.35. The molecule has 0 bridgehead atoms. The van der Waals surface area contributed by atoms with Crippen LogP contribution in [0.1, 0.15) is 36.5 Å². The summed E-state index contributed by atoms with van der Waals surface area (Å²) in [6.07, 6.45) is -1.30. The molecular formula is C27H22F4N6S. The van der Waals surface area contributed by atoms with Gasteiger partial charge in [-0.3, -0.25) is 0 Å². The lowest BCUT2D eigenvalue weighted by molar-refractivity contribution is -0.137. The van der Waals surface area contributed by atoms with Gasteiger partial charge in [-0.2, -0.15) is 18.3 Å². The van der Waals surface area contributed by atoms with Gasteiger partial charge in [0.05, 0.1) is 23.3 Å². The van der Waals surface area contributed by atoms with Crippen LogP contribution in [0.15, 0.2) is 83.3 Å². The number of halogens is 4. The molecule has 0 aliphatic carbocycles. The number of hydrogen-bond donors (Lipinski definition) is 0. The van der Waals surface area contributed by atoms with E-state index < -0.39 is 11.7 Å². The molecule has 0 N–H and O–H groups in total. The Kier molecular flexibility index (Phi) is 7.02. The predicted octanol–water partition coefficient (Wildman–Crippen LogP) is 7.12. The fourth-order valence-electron chi connectivity index (χ4n) is 3.86. The highest BCUT2D eigenvalue weighted by atomic mass is 32.2. The Hall–Kier alpha value is -3.99. The molecule has 4 aromatic rings. The number of amidine groups is 1. The summed E-state index contributed by atoms with van der Waals surface area (Å²) in [5.41, 5.74) is 3.18. The molecule has 1 saturated heterocycles. The van der Waals surface area contributed by atoms with Crippen LogP contribution in [0.5, 0.6) is 0 Å². The topological polar surface area (TPSA) is 58.7 Å². The van der Waals surface area contributed by atoms with Crippen molar-refractivity contribution in [1.82, 2.24) is 14.8 Å². The molecule has 1 aromatic heterocycles. The molecule has 6 nitrogen and oxygen atoms in total. The largest absolute Gasteiger partial charge is 0.416 e. The molecule has 2 heterocycles. The molecule has 0 saturated carbocycles. The summed E-state index contributed by atoms with van der Waals surface area (Å²) >= 11 is 1.56. The quantitative estimate of drug-likeness (QED) is 0.149. The molecule has 1 aliphatic rings. The number of anilines is 1. The van der Waals surface area contributed by atoms with Crippen molar-refractivity contribution in [2.45, 2.75) is 25.9 Å². The maximum Gasteiger partial charge on any atom is 0.416 e. The van der Waals surface area contributed by atoms with Gasteiger partial charge in [-0.05, 0) is 59.5 Å². The summed E-state index contributed by atoms with van der Waals surface area (Å²) in [6, 6.07) is 16.9. The van der Waals surface area contributed by atoms with Gasteiger partial charge in [-0.15, -0.1) is 10.2 Å². The minimum absolute atomic E-state index is 0.172. The van der Waals surface area contributed by atoms with E-state index in [0.717, 1.165) is 45.6 Å². The van der Waals surface area contributed by atoms with Crippen LogP contribution in [0, 0.1) is 5.82 Å². The number of nitrogens with zero attached hydrogens (tertiary/aromatic N) is 6. The van der Waals surface area contributed by atoms with Crippen molar-refractivity contribution in [3.8, 4) is 17.1 Å². The molecule has 0 unspecified atom stereocenters. The summed E-state index contributed by atoms with van der Waals surface area (Å²) in [4.78, 5) is 6.28. The summed E-state index contributed by atoms with van der Waals surface area (Å²) in [5.74, 6) is 1.08. The van der Waals surface area contributed by atoms with Gasteiger partial charge in [-0.1, -0.05) is 49.9 Å². The predicted molar refractivity (Wildman–Crippen MR) is 142 cm³/mol. The molecule has 1 aliphatic heterocycles. The number of benzene rings is 3. The third-order valence-electron chi connectivity index (χ3n) is 5.93. The average Bonchev–Trinajstić information content (AvgIpc) is 3.37. The van der Waals surface area contributed by atoms with E-state index in [1.165, 1.54) is 29.2 Å². The first-order valence-electron chi connectivity index (χ1n) is 11.7. The smallest absolute Gasteiger partial charge is 0.309 e. The summed E-state index contributed by atoms with van der Waals surface area (Å²) in [5, 5.41) is 13.7. The fraction of sp³-hybridized carbons (Fsp3) is 0.185. The van der Waals surface area contributed by atoms with Crippen LogP contribution in [0.2, 0.25) is 0 Å². The molecule has 5 rings (SSSR count). The Morgan fingerprint density at radius 2 is 1.74 bits per heavy atom. The van der Waals surface area contributed by atoms with Gasteiger partial charge < -0.3 is 4.90 Å². The van der Waals surface area contributed by atoms with Gasteiger partial charge in [0.2, 0.25) is 0 Å². The minimum Gasteiger partial charge on any atom is -0.309 e. The van der Waals surface area contributed by atoms with Crippen LogP contribution < -0.4 is 4.90 Å². The van der Waals surface area contributed by atoms with Gasteiger partial charge >= 0.3 is 6.18 Å². The second-order valence-corrected chi connectivity index (χ2v) is 9.78. The zero-order valence-corrected chi connectivity index (χ0v) is 21.2. The average molecular weight is 539 g/mol. The normalized spacial score (nSPS) is 15.0. The lowest BCUT2D eigenvalue weighted by Crippen LogP contribution is -2.39. The van der Waals surface area contributed by atoms with Crippen molar-refractivity contribution in [3.05, 3.63) is 95.6 Å². The maximum atomic E-state index is 13.7. The Labute approximate surface area is 220 Å². The van der Waals surface area contributed by atoms with E-state index in [1.54, 1.807) is 30.1 Å². The number of hydrogen-bond acceptors (Lipinski definition) is 5. The zero-order chi connectivity index (χ0) is 26.9. The molecule has 38 heavy (non-hydrogen) atoms. The number of rotatable bonds is 6. The first-order valence-corrected chi connectivity index (χ1v) is 12.7. The van der Waals surface area contributed by atoms with Crippen LogP contribution in [-0.2, 0) is 6.18 Å². The summed E-state index contributed by atoms with van der Waals surface area (Å²) in [7, 11) is 0. The second-order valence-electron chi connectivity index (χ2n) is 8.87. The molecule has 0 radical (unpaired) electrons. The Morgan fingerprint density at radius 3 is 2.37 bits per heavy atom. The Bertz CT molecular complexity index is 1490. The molecule has 194 valence electrons.